The van der Waals surface area contributed by atoms with Gasteiger partial charge in [0.05, 0.1) is 49.8 Å². The second-order valence-electron chi connectivity index (χ2n) is 8.48. The number of aliphatic hydroxyl groups is 1. The van der Waals surface area contributed by atoms with Crippen LogP contribution in [0.1, 0.15) is 55.1 Å². The number of ether oxygens (including phenoxy) is 2. The van der Waals surface area contributed by atoms with Gasteiger partial charge in [-0.2, -0.15) is 5.10 Å². The summed E-state index contributed by atoms with van der Waals surface area (Å²) >= 11 is 0. The van der Waals surface area contributed by atoms with Gasteiger partial charge in [0.1, 0.15) is 5.75 Å². The highest BCUT2D eigenvalue weighted by Gasteiger charge is 2.39. The van der Waals surface area contributed by atoms with Gasteiger partial charge in [0.2, 0.25) is 5.91 Å². The van der Waals surface area contributed by atoms with Gasteiger partial charge in [-0.1, -0.05) is 18.9 Å². The Balaban J connectivity index is 1.64. The van der Waals surface area contributed by atoms with Gasteiger partial charge in [0.15, 0.2) is 0 Å². The van der Waals surface area contributed by atoms with E-state index in [-0.39, 0.29) is 18.4 Å². The van der Waals surface area contributed by atoms with Crippen LogP contribution in [0.2, 0.25) is 0 Å². The second kappa shape index (κ2) is 8.40. The van der Waals surface area contributed by atoms with Gasteiger partial charge in [-0.3, -0.25) is 4.79 Å². The molecule has 7 nitrogen and oxygen atoms in total. The molecule has 0 bridgehead atoms. The maximum atomic E-state index is 13.2. The fraction of sp³-hybridized carbons (Fsp3) is 0.565. The molecule has 1 saturated heterocycles. The Hall–Kier alpha value is -2.38. The number of aromatic nitrogens is 2. The van der Waals surface area contributed by atoms with Crippen molar-refractivity contribution >= 4 is 5.91 Å². The lowest BCUT2D eigenvalue weighted by Gasteiger charge is -2.37. The number of morpholine rings is 1. The van der Waals surface area contributed by atoms with E-state index >= 15 is 0 Å². The number of hydrogen-bond acceptors (Lipinski definition) is 5. The molecule has 1 N–H and O–H groups in total. The highest BCUT2D eigenvalue weighted by Crippen LogP contribution is 2.36. The molecular formula is C23H31N3O4. The zero-order valence-electron chi connectivity index (χ0n) is 18.1. The molecule has 1 aliphatic carbocycles. The van der Waals surface area contributed by atoms with Crippen LogP contribution in [-0.2, 0) is 9.53 Å². The van der Waals surface area contributed by atoms with Gasteiger partial charge in [-0.15, -0.1) is 0 Å². The summed E-state index contributed by atoms with van der Waals surface area (Å²) in [6.07, 6.45) is 3.58. The zero-order valence-corrected chi connectivity index (χ0v) is 18.1. The largest absolute Gasteiger partial charge is 0.497 e. The van der Waals surface area contributed by atoms with Crippen molar-refractivity contribution in [1.82, 2.24) is 14.7 Å². The van der Waals surface area contributed by atoms with Crippen LogP contribution in [-0.4, -0.2) is 58.2 Å². The first kappa shape index (κ1) is 20.9. The van der Waals surface area contributed by atoms with Crippen molar-refractivity contribution in [3.05, 3.63) is 41.2 Å². The molecule has 162 valence electrons. The summed E-state index contributed by atoms with van der Waals surface area (Å²) in [4.78, 5) is 15.1. The third-order valence-corrected chi connectivity index (χ3v) is 6.44. The minimum atomic E-state index is -0.852. The number of rotatable bonds is 5. The molecule has 1 atom stereocenters. The third kappa shape index (κ3) is 3.96. The summed E-state index contributed by atoms with van der Waals surface area (Å²) in [5.74, 6) is 0.768. The van der Waals surface area contributed by atoms with Crippen molar-refractivity contribution < 1.29 is 19.4 Å². The van der Waals surface area contributed by atoms with Crippen LogP contribution in [0.5, 0.6) is 5.75 Å². The fourth-order valence-electron chi connectivity index (χ4n) is 4.86. The minimum Gasteiger partial charge on any atom is -0.497 e. The molecule has 30 heavy (non-hydrogen) atoms. The maximum absolute atomic E-state index is 13.2. The molecule has 1 unspecified atom stereocenters. The standard InChI is InChI=1S/C23H31N3O4/c1-16-22(17(2)26(24-16)18-7-6-8-19(13-18)29-3)20-15-30-12-11-25(20)21(27)14-23(28)9-4-5-10-23/h6-8,13,20,28H,4-5,9-12,14-15H2,1-3H3. The molecule has 1 aromatic heterocycles. The van der Waals surface area contributed by atoms with E-state index in [4.69, 9.17) is 14.6 Å². The molecule has 1 amide bonds. The van der Waals surface area contributed by atoms with Gasteiger partial charge in [0, 0.05) is 23.9 Å². The normalized spacial score (nSPS) is 21.1. The van der Waals surface area contributed by atoms with Gasteiger partial charge in [-0.25, -0.2) is 4.68 Å². The van der Waals surface area contributed by atoms with Gasteiger partial charge < -0.3 is 19.5 Å². The Morgan fingerprint density at radius 3 is 2.83 bits per heavy atom. The van der Waals surface area contributed by atoms with Crippen molar-refractivity contribution in [2.24, 2.45) is 0 Å². The topological polar surface area (TPSA) is 76.8 Å². The number of aryl methyl sites for hydroxylation is 1. The summed E-state index contributed by atoms with van der Waals surface area (Å²) in [6, 6.07) is 7.57. The van der Waals surface area contributed by atoms with Gasteiger partial charge in [0.25, 0.3) is 0 Å². The number of benzene rings is 1. The van der Waals surface area contributed by atoms with E-state index in [1.807, 2.05) is 47.7 Å². The van der Waals surface area contributed by atoms with E-state index in [0.717, 1.165) is 41.2 Å². The van der Waals surface area contributed by atoms with E-state index < -0.39 is 5.60 Å². The van der Waals surface area contributed by atoms with Crippen molar-refractivity contribution in [3.8, 4) is 11.4 Å². The van der Waals surface area contributed by atoms with Crippen molar-refractivity contribution in [2.45, 2.75) is 57.6 Å². The lowest BCUT2D eigenvalue weighted by Crippen LogP contribution is -2.46. The Morgan fingerprint density at radius 1 is 1.33 bits per heavy atom. The fourth-order valence-corrected chi connectivity index (χ4v) is 4.86. The molecule has 4 rings (SSSR count). The van der Waals surface area contributed by atoms with Crippen LogP contribution in [0.15, 0.2) is 24.3 Å². The predicted octanol–water partition coefficient (Wildman–Crippen LogP) is 3.09. The Bertz CT molecular complexity index is 917. The van der Waals surface area contributed by atoms with Crippen LogP contribution in [0.4, 0.5) is 0 Å². The first-order valence-electron chi connectivity index (χ1n) is 10.7. The quantitative estimate of drug-likeness (QED) is 0.815. The lowest BCUT2D eigenvalue weighted by molar-refractivity contribution is -0.145. The van der Waals surface area contributed by atoms with E-state index in [1.165, 1.54) is 0 Å². The molecule has 2 aromatic rings. The number of methoxy groups -OCH3 is 1. The Labute approximate surface area is 177 Å². The van der Waals surface area contributed by atoms with Crippen LogP contribution in [0.25, 0.3) is 5.69 Å². The van der Waals surface area contributed by atoms with Crippen LogP contribution in [0, 0.1) is 13.8 Å². The van der Waals surface area contributed by atoms with Crippen LogP contribution < -0.4 is 4.74 Å². The van der Waals surface area contributed by atoms with Crippen LogP contribution in [0.3, 0.4) is 0 Å². The number of amides is 1. The number of hydrogen-bond donors (Lipinski definition) is 1. The van der Waals surface area contributed by atoms with Crippen molar-refractivity contribution in [3.63, 3.8) is 0 Å². The summed E-state index contributed by atoms with van der Waals surface area (Å²) < 4.78 is 13.0. The second-order valence-corrected chi connectivity index (χ2v) is 8.48. The molecule has 2 aliphatic rings. The molecule has 2 heterocycles. The highest BCUT2D eigenvalue weighted by molar-refractivity contribution is 5.78. The SMILES string of the molecule is COc1cccc(-n2nc(C)c(C3COCCN3C(=O)CC3(O)CCCC3)c2C)c1. The minimum absolute atomic E-state index is 0.000584. The molecular weight excluding hydrogens is 382 g/mol. The van der Waals surface area contributed by atoms with E-state index in [9.17, 15) is 9.90 Å². The van der Waals surface area contributed by atoms with Gasteiger partial charge >= 0.3 is 0 Å². The first-order valence-corrected chi connectivity index (χ1v) is 10.7. The number of carbonyl (C=O) groups excluding carboxylic acids is 1. The smallest absolute Gasteiger partial charge is 0.226 e. The molecule has 0 radical (unpaired) electrons. The predicted molar refractivity (Wildman–Crippen MR) is 113 cm³/mol. The molecule has 1 aliphatic heterocycles. The summed E-state index contributed by atoms with van der Waals surface area (Å²) in [6.45, 7) is 5.48. The lowest BCUT2D eigenvalue weighted by atomic mass is 9.95. The van der Waals surface area contributed by atoms with Crippen molar-refractivity contribution in [2.75, 3.05) is 26.9 Å². The van der Waals surface area contributed by atoms with E-state index in [0.29, 0.717) is 32.6 Å². The zero-order chi connectivity index (χ0) is 21.3. The molecule has 0 spiro atoms. The molecule has 2 fully saturated rings. The molecule has 1 saturated carbocycles. The summed E-state index contributed by atoms with van der Waals surface area (Å²) in [5, 5.41) is 15.5. The average Bonchev–Trinajstić information content (AvgIpc) is 3.30. The van der Waals surface area contributed by atoms with Gasteiger partial charge in [-0.05, 0) is 38.8 Å². The van der Waals surface area contributed by atoms with E-state index in [1.54, 1.807) is 7.11 Å². The number of carbonyl (C=O) groups is 1. The molecule has 7 heteroatoms. The van der Waals surface area contributed by atoms with Crippen LogP contribution >= 0.6 is 0 Å². The Morgan fingerprint density at radius 2 is 2.10 bits per heavy atom. The van der Waals surface area contributed by atoms with Crippen molar-refractivity contribution in [1.29, 1.82) is 0 Å². The third-order valence-electron chi connectivity index (χ3n) is 6.44. The first-order chi connectivity index (χ1) is 14.4. The number of nitrogens with zero attached hydrogens (tertiary/aromatic N) is 3. The highest BCUT2D eigenvalue weighted by atomic mass is 16.5. The monoisotopic (exact) mass is 413 g/mol. The molecule has 1 aromatic carbocycles. The maximum Gasteiger partial charge on any atom is 0.226 e. The van der Waals surface area contributed by atoms with E-state index in [2.05, 4.69) is 0 Å². The summed E-state index contributed by atoms with van der Waals surface area (Å²) in [7, 11) is 1.65. The average molecular weight is 414 g/mol. The Kier molecular flexibility index (Phi) is 5.84. The summed E-state index contributed by atoms with van der Waals surface area (Å²) in [5.41, 5.74) is 2.94.